The van der Waals surface area contributed by atoms with E-state index in [1.165, 1.54) is 0 Å². The summed E-state index contributed by atoms with van der Waals surface area (Å²) >= 11 is 0. The van der Waals surface area contributed by atoms with Crippen molar-refractivity contribution < 1.29 is 9.84 Å². The van der Waals surface area contributed by atoms with Gasteiger partial charge >= 0.3 is 0 Å². The number of para-hydroxylation sites is 1. The van der Waals surface area contributed by atoms with E-state index in [-0.39, 0.29) is 6.10 Å². The van der Waals surface area contributed by atoms with E-state index >= 15 is 0 Å². The number of hydrogen-bond acceptors (Lipinski definition) is 4. The molecule has 3 rings (SSSR count). The van der Waals surface area contributed by atoms with Crippen LogP contribution < -0.4 is 4.74 Å². The third-order valence-electron chi connectivity index (χ3n) is 4.36. The largest absolute Gasteiger partial charge is 0.486 e. The first-order valence-electron chi connectivity index (χ1n) is 7.67. The Balaban J connectivity index is 1.69. The fourth-order valence-corrected chi connectivity index (χ4v) is 2.79. The van der Waals surface area contributed by atoms with Gasteiger partial charge in [-0.05, 0) is 25.5 Å². The molecule has 1 aromatic heterocycles. The summed E-state index contributed by atoms with van der Waals surface area (Å²) < 4.78 is 8.06. The lowest BCUT2D eigenvalue weighted by atomic mass is 9.90. The molecule has 1 N–H and O–H groups in total. The molecule has 0 aliphatic carbocycles. The number of imidazole rings is 1. The molecule has 1 aliphatic rings. The van der Waals surface area contributed by atoms with Crippen molar-refractivity contribution in [1.29, 1.82) is 0 Å². The minimum atomic E-state index is -0.812. The Morgan fingerprint density at radius 3 is 2.82 bits per heavy atom. The van der Waals surface area contributed by atoms with Crippen LogP contribution >= 0.6 is 0 Å². The van der Waals surface area contributed by atoms with Crippen molar-refractivity contribution in [3.05, 3.63) is 48.5 Å². The number of benzene rings is 1. The van der Waals surface area contributed by atoms with E-state index in [0.717, 1.165) is 24.7 Å². The number of ether oxygens (including phenoxy) is 1. The Hall–Kier alpha value is -1.85. The monoisotopic (exact) mass is 301 g/mol. The number of nitrogens with zero attached hydrogens (tertiary/aromatic N) is 3. The third-order valence-corrected chi connectivity index (χ3v) is 4.36. The molecule has 2 aromatic rings. The van der Waals surface area contributed by atoms with E-state index in [1.54, 1.807) is 0 Å². The van der Waals surface area contributed by atoms with Crippen LogP contribution in [-0.4, -0.2) is 44.4 Å². The second kappa shape index (κ2) is 6.10. The zero-order valence-corrected chi connectivity index (χ0v) is 13.1. The first kappa shape index (κ1) is 15.1. The molecule has 0 unspecified atom stereocenters. The fourth-order valence-electron chi connectivity index (χ4n) is 2.79. The quantitative estimate of drug-likeness (QED) is 0.936. The average molecular weight is 301 g/mol. The standard InChI is InChI=1S/C17H23N3O2/c1-17(21)8-10-20(13-16-18-9-11-19(16)2)12-15(17)22-14-6-4-3-5-7-14/h3-7,9,11,15,21H,8,10,12-13H2,1-2H3/t15-,17-/m1/s1. The van der Waals surface area contributed by atoms with Crippen molar-refractivity contribution in [2.24, 2.45) is 7.05 Å². The molecular formula is C17H23N3O2. The van der Waals surface area contributed by atoms with Gasteiger partial charge in [0.05, 0.1) is 6.54 Å². The summed E-state index contributed by atoms with van der Waals surface area (Å²) in [5, 5.41) is 10.6. The summed E-state index contributed by atoms with van der Waals surface area (Å²) in [6.45, 7) is 4.16. The minimum absolute atomic E-state index is 0.246. The molecule has 118 valence electrons. The predicted molar refractivity (Wildman–Crippen MR) is 84.6 cm³/mol. The van der Waals surface area contributed by atoms with Crippen LogP contribution in [-0.2, 0) is 13.6 Å². The Morgan fingerprint density at radius 1 is 1.36 bits per heavy atom. The highest BCUT2D eigenvalue weighted by atomic mass is 16.5. The second-order valence-electron chi connectivity index (χ2n) is 6.22. The molecule has 22 heavy (non-hydrogen) atoms. The van der Waals surface area contributed by atoms with Gasteiger partial charge in [0.15, 0.2) is 0 Å². The summed E-state index contributed by atoms with van der Waals surface area (Å²) in [4.78, 5) is 6.66. The van der Waals surface area contributed by atoms with Gasteiger partial charge in [-0.2, -0.15) is 0 Å². The van der Waals surface area contributed by atoms with Crippen molar-refractivity contribution in [2.75, 3.05) is 13.1 Å². The lowest BCUT2D eigenvalue weighted by Crippen LogP contribution is -2.56. The maximum Gasteiger partial charge on any atom is 0.140 e. The smallest absolute Gasteiger partial charge is 0.140 e. The number of aryl methyl sites for hydroxylation is 1. The van der Waals surface area contributed by atoms with E-state index < -0.39 is 5.60 Å². The van der Waals surface area contributed by atoms with E-state index in [4.69, 9.17) is 4.74 Å². The molecule has 2 heterocycles. The highest BCUT2D eigenvalue weighted by molar-refractivity contribution is 5.22. The van der Waals surface area contributed by atoms with Crippen LogP contribution in [0.4, 0.5) is 0 Å². The Labute approximate surface area is 131 Å². The molecule has 0 bridgehead atoms. The molecule has 1 aliphatic heterocycles. The van der Waals surface area contributed by atoms with Crippen LogP contribution in [0.2, 0.25) is 0 Å². The van der Waals surface area contributed by atoms with Crippen molar-refractivity contribution in [3.8, 4) is 5.75 Å². The van der Waals surface area contributed by atoms with Crippen LogP contribution in [0.3, 0.4) is 0 Å². The minimum Gasteiger partial charge on any atom is -0.486 e. The van der Waals surface area contributed by atoms with Gasteiger partial charge in [0.1, 0.15) is 23.3 Å². The first-order valence-corrected chi connectivity index (χ1v) is 7.67. The molecule has 2 atom stereocenters. The van der Waals surface area contributed by atoms with Crippen LogP contribution in [0.5, 0.6) is 5.75 Å². The lowest BCUT2D eigenvalue weighted by Gasteiger charge is -2.42. The first-order chi connectivity index (χ1) is 10.5. The van der Waals surface area contributed by atoms with Crippen molar-refractivity contribution >= 4 is 0 Å². The highest BCUT2D eigenvalue weighted by Gasteiger charge is 2.39. The van der Waals surface area contributed by atoms with Gasteiger partial charge in [-0.25, -0.2) is 4.98 Å². The topological polar surface area (TPSA) is 50.5 Å². The Kier molecular flexibility index (Phi) is 4.18. The van der Waals surface area contributed by atoms with Crippen LogP contribution in [0, 0.1) is 0 Å². The molecule has 1 aromatic carbocycles. The Morgan fingerprint density at radius 2 is 2.14 bits per heavy atom. The van der Waals surface area contributed by atoms with Gasteiger partial charge in [0, 0.05) is 32.5 Å². The molecular weight excluding hydrogens is 278 g/mol. The normalized spacial score (nSPS) is 26.0. The van der Waals surface area contributed by atoms with Crippen molar-refractivity contribution in [3.63, 3.8) is 0 Å². The zero-order valence-electron chi connectivity index (χ0n) is 13.1. The maximum absolute atomic E-state index is 10.6. The molecule has 0 amide bonds. The molecule has 5 nitrogen and oxygen atoms in total. The summed E-state index contributed by atoms with van der Waals surface area (Å²) in [6, 6.07) is 9.69. The van der Waals surface area contributed by atoms with Crippen LogP contribution in [0.25, 0.3) is 0 Å². The van der Waals surface area contributed by atoms with Gasteiger partial charge < -0.3 is 14.4 Å². The van der Waals surface area contributed by atoms with Gasteiger partial charge in [0.2, 0.25) is 0 Å². The van der Waals surface area contributed by atoms with Gasteiger partial charge in [-0.3, -0.25) is 4.90 Å². The van der Waals surface area contributed by atoms with Gasteiger partial charge in [-0.15, -0.1) is 0 Å². The number of rotatable bonds is 4. The summed E-state index contributed by atoms with van der Waals surface area (Å²) in [6.07, 6.45) is 4.21. The van der Waals surface area contributed by atoms with Gasteiger partial charge in [-0.1, -0.05) is 18.2 Å². The molecule has 0 saturated carbocycles. The molecule has 1 fully saturated rings. The predicted octanol–water partition coefficient (Wildman–Crippen LogP) is 1.82. The van der Waals surface area contributed by atoms with Crippen LogP contribution in [0.15, 0.2) is 42.7 Å². The molecule has 5 heteroatoms. The maximum atomic E-state index is 10.6. The van der Waals surface area contributed by atoms with E-state index in [0.29, 0.717) is 13.0 Å². The van der Waals surface area contributed by atoms with Crippen molar-refractivity contribution in [2.45, 2.75) is 31.6 Å². The molecule has 0 radical (unpaired) electrons. The summed E-state index contributed by atoms with van der Waals surface area (Å²) in [5.74, 6) is 1.83. The highest BCUT2D eigenvalue weighted by Crippen LogP contribution is 2.27. The van der Waals surface area contributed by atoms with E-state index in [2.05, 4.69) is 9.88 Å². The van der Waals surface area contributed by atoms with Crippen LogP contribution in [0.1, 0.15) is 19.2 Å². The van der Waals surface area contributed by atoms with E-state index in [1.807, 2.05) is 61.3 Å². The summed E-state index contributed by atoms with van der Waals surface area (Å²) in [7, 11) is 2.00. The second-order valence-corrected chi connectivity index (χ2v) is 6.22. The third kappa shape index (κ3) is 3.31. The number of aromatic nitrogens is 2. The number of aliphatic hydroxyl groups is 1. The van der Waals surface area contributed by atoms with E-state index in [9.17, 15) is 5.11 Å². The fraction of sp³-hybridized carbons (Fsp3) is 0.471. The number of piperidine rings is 1. The zero-order chi connectivity index (χ0) is 15.6. The van der Waals surface area contributed by atoms with Gasteiger partial charge in [0.25, 0.3) is 0 Å². The SMILES string of the molecule is Cn1ccnc1CN1CC[C@@](C)(O)[C@H](Oc2ccccc2)C1. The molecule has 0 spiro atoms. The summed E-state index contributed by atoms with van der Waals surface area (Å²) in [5.41, 5.74) is -0.812. The van der Waals surface area contributed by atoms with Crippen molar-refractivity contribution in [1.82, 2.24) is 14.5 Å². The lowest BCUT2D eigenvalue weighted by molar-refractivity contribution is -0.0969. The Bertz CT molecular complexity index is 609. The number of likely N-dealkylation sites (tertiary alicyclic amines) is 1. The molecule has 1 saturated heterocycles. The number of hydrogen-bond donors (Lipinski definition) is 1. The average Bonchev–Trinajstić information content (AvgIpc) is 2.89.